The van der Waals surface area contributed by atoms with E-state index in [4.69, 9.17) is 28.2 Å². The maximum atomic E-state index is 8.27. The van der Waals surface area contributed by atoms with Crippen molar-refractivity contribution in [3.05, 3.63) is 103 Å². The van der Waals surface area contributed by atoms with E-state index in [1.54, 1.807) is 23.9 Å². The Labute approximate surface area is 278 Å². The van der Waals surface area contributed by atoms with Gasteiger partial charge in [-0.25, -0.2) is 0 Å². The Kier molecular flexibility index (Phi) is 44.3. The lowest BCUT2D eigenvalue weighted by atomic mass is 10.3. The number of rotatable bonds is 2. The summed E-state index contributed by atoms with van der Waals surface area (Å²) in [5.41, 5.74) is 24.8. The van der Waals surface area contributed by atoms with Gasteiger partial charge in [-0.05, 0) is 103 Å². The van der Waals surface area contributed by atoms with Gasteiger partial charge in [-0.2, -0.15) is 5.26 Å². The molecule has 0 saturated carbocycles. The summed E-state index contributed by atoms with van der Waals surface area (Å²) in [5, 5.41) is 10.2. The number of thiol groups is 1. The van der Waals surface area contributed by atoms with Gasteiger partial charge in [-0.1, -0.05) is 81.0 Å². The zero-order chi connectivity index (χ0) is 33.2. The molecule has 0 aliphatic rings. The SMILES string of the molecule is C.CC.CC.CC.CC.CSc1ccc(N)cc1.N#CSc1ccc(N)cc1.Nc1ccc(S)cc1.Nc1ccccc1. The monoisotopic (exact) mass is 643 g/mol. The van der Waals surface area contributed by atoms with Crippen molar-refractivity contribution in [1.82, 2.24) is 0 Å². The Morgan fingerprint density at radius 3 is 1.07 bits per heavy atom. The number of hydrogen-bond acceptors (Lipinski definition) is 8. The van der Waals surface area contributed by atoms with E-state index in [1.807, 2.05) is 158 Å². The van der Waals surface area contributed by atoms with Gasteiger partial charge in [0.1, 0.15) is 5.40 Å². The van der Waals surface area contributed by atoms with Crippen molar-refractivity contribution in [2.24, 2.45) is 0 Å². The van der Waals surface area contributed by atoms with Crippen LogP contribution in [0.4, 0.5) is 22.7 Å². The number of nitrogen functional groups attached to an aromatic ring is 4. The summed E-state index contributed by atoms with van der Waals surface area (Å²) in [4.78, 5) is 3.13. The maximum Gasteiger partial charge on any atom is 0.138 e. The van der Waals surface area contributed by atoms with Crippen LogP contribution < -0.4 is 22.9 Å². The highest BCUT2D eigenvalue weighted by molar-refractivity contribution is 8.03. The Balaban J connectivity index is -0.000000138. The fraction of sp³-hybridized carbons (Fsp3) is 0.286. The minimum atomic E-state index is 0. The number of nitrogens with zero attached hydrogens (tertiary/aromatic N) is 1. The molecule has 5 nitrogen and oxygen atoms in total. The van der Waals surface area contributed by atoms with Crippen LogP contribution in [-0.4, -0.2) is 6.26 Å². The third kappa shape index (κ3) is 33.0. The third-order valence-electron chi connectivity index (χ3n) is 3.85. The first-order chi connectivity index (χ1) is 20.3. The van der Waals surface area contributed by atoms with Gasteiger partial charge < -0.3 is 22.9 Å². The minimum Gasteiger partial charge on any atom is -0.399 e. The summed E-state index contributed by atoms with van der Waals surface area (Å²) >= 11 is 6.93. The number of thiocyanates is 1. The summed E-state index contributed by atoms with van der Waals surface area (Å²) in [6.07, 6.45) is 2.05. The molecule has 0 aromatic heterocycles. The first kappa shape index (κ1) is 49.3. The van der Waals surface area contributed by atoms with Crippen LogP contribution in [0.15, 0.2) is 118 Å². The van der Waals surface area contributed by atoms with Crippen LogP contribution in [0.5, 0.6) is 0 Å². The molecular weight excluding hydrogens is 587 g/mol. The van der Waals surface area contributed by atoms with Crippen LogP contribution in [0, 0.1) is 10.7 Å². The zero-order valence-corrected chi connectivity index (χ0v) is 29.4. The van der Waals surface area contributed by atoms with Crippen LogP contribution in [0.1, 0.15) is 62.8 Å². The van der Waals surface area contributed by atoms with E-state index >= 15 is 0 Å². The quantitative estimate of drug-likeness (QED) is 0.0636. The highest BCUT2D eigenvalue weighted by Crippen LogP contribution is 2.17. The summed E-state index contributed by atoms with van der Waals surface area (Å²) in [6, 6.07) is 31.9. The van der Waals surface area contributed by atoms with Crippen molar-refractivity contribution < 1.29 is 0 Å². The molecule has 4 aromatic carbocycles. The molecule has 0 radical (unpaired) electrons. The molecule has 240 valence electrons. The summed E-state index contributed by atoms with van der Waals surface area (Å²) < 4.78 is 0. The summed E-state index contributed by atoms with van der Waals surface area (Å²) in [7, 11) is 0. The summed E-state index contributed by atoms with van der Waals surface area (Å²) in [6.45, 7) is 16.0. The Bertz CT molecular complexity index is 1080. The molecule has 0 amide bonds. The Morgan fingerprint density at radius 2 is 0.814 bits per heavy atom. The van der Waals surface area contributed by atoms with E-state index in [1.165, 1.54) is 4.90 Å². The largest absolute Gasteiger partial charge is 0.399 e. The van der Waals surface area contributed by atoms with Crippen molar-refractivity contribution in [2.45, 2.75) is 77.5 Å². The molecule has 0 atom stereocenters. The Hall–Kier alpha value is -3.38. The lowest BCUT2D eigenvalue weighted by Crippen LogP contribution is -1.81. The second-order valence-electron chi connectivity index (χ2n) is 6.54. The maximum absolute atomic E-state index is 8.27. The van der Waals surface area contributed by atoms with Crippen molar-refractivity contribution in [1.29, 1.82) is 5.26 Å². The topological polar surface area (TPSA) is 128 Å². The van der Waals surface area contributed by atoms with Crippen LogP contribution in [0.3, 0.4) is 0 Å². The predicted octanol–water partition coefficient (Wildman–Crippen LogP) is 11.4. The standard InChI is InChI=1S/C7H6N2S.C7H9NS.C6H7NS.C6H7N.4C2H6.CH4/c8-5-10-7-3-1-6(9)2-4-7;1-9-7-4-2-6(8)3-5-7;7-5-1-3-6(8)4-2-5;7-6-4-2-1-3-5-6;4*1-2;/h1-4H,9H2;2-5H,8H2,1H3;1-4,8H,7H2;1-5H,7H2;4*1-2H3;1H4. The van der Waals surface area contributed by atoms with E-state index in [0.717, 1.165) is 44.3 Å². The molecule has 43 heavy (non-hydrogen) atoms. The average molecular weight is 644 g/mol. The molecule has 0 spiro atoms. The molecular formula is C35H57N5S3. The number of para-hydroxylation sites is 1. The molecule has 0 bridgehead atoms. The number of nitriles is 1. The van der Waals surface area contributed by atoms with Gasteiger partial charge in [0.05, 0.1) is 0 Å². The highest BCUT2D eigenvalue weighted by atomic mass is 32.2. The van der Waals surface area contributed by atoms with Crippen LogP contribution in [0.2, 0.25) is 0 Å². The molecule has 4 aromatic rings. The number of thioether (sulfide) groups is 2. The van der Waals surface area contributed by atoms with Crippen LogP contribution >= 0.6 is 36.2 Å². The molecule has 0 heterocycles. The third-order valence-corrected chi connectivity index (χ3v) is 5.49. The van der Waals surface area contributed by atoms with Gasteiger partial charge >= 0.3 is 0 Å². The first-order valence-electron chi connectivity index (χ1n) is 14.0. The van der Waals surface area contributed by atoms with Gasteiger partial charge in [0.25, 0.3) is 0 Å². The predicted molar refractivity (Wildman–Crippen MR) is 206 cm³/mol. The number of benzene rings is 4. The second-order valence-corrected chi connectivity index (χ2v) is 8.79. The smallest absolute Gasteiger partial charge is 0.138 e. The van der Waals surface area contributed by atoms with Gasteiger partial charge in [0.2, 0.25) is 0 Å². The lowest BCUT2D eigenvalue weighted by Gasteiger charge is -1.94. The minimum absolute atomic E-state index is 0. The summed E-state index contributed by atoms with van der Waals surface area (Å²) in [5.74, 6) is 0. The van der Waals surface area contributed by atoms with Gasteiger partial charge in [0.15, 0.2) is 0 Å². The molecule has 0 unspecified atom stereocenters. The molecule has 0 fully saturated rings. The number of anilines is 4. The molecule has 8 N–H and O–H groups in total. The fourth-order valence-electron chi connectivity index (χ4n) is 2.12. The normalized spacial score (nSPS) is 7.65. The molecule has 8 heteroatoms. The molecule has 0 aliphatic carbocycles. The highest BCUT2D eigenvalue weighted by Gasteiger charge is 1.89. The van der Waals surface area contributed by atoms with E-state index in [0.29, 0.717) is 0 Å². The van der Waals surface area contributed by atoms with Crippen LogP contribution in [0.25, 0.3) is 0 Å². The van der Waals surface area contributed by atoms with E-state index in [9.17, 15) is 0 Å². The van der Waals surface area contributed by atoms with E-state index < -0.39 is 0 Å². The van der Waals surface area contributed by atoms with Crippen LogP contribution in [-0.2, 0) is 0 Å². The molecule has 0 aliphatic heterocycles. The Morgan fingerprint density at radius 1 is 0.512 bits per heavy atom. The van der Waals surface area contributed by atoms with Crippen molar-refractivity contribution in [3.63, 3.8) is 0 Å². The molecule has 0 saturated heterocycles. The van der Waals surface area contributed by atoms with E-state index in [-0.39, 0.29) is 7.43 Å². The number of nitrogens with two attached hydrogens (primary N) is 4. The van der Waals surface area contributed by atoms with Crippen molar-refractivity contribution in [2.75, 3.05) is 29.2 Å². The second kappa shape index (κ2) is 38.6. The van der Waals surface area contributed by atoms with Crippen molar-refractivity contribution >= 4 is 58.9 Å². The van der Waals surface area contributed by atoms with Gasteiger partial charge in [0, 0.05) is 37.4 Å². The van der Waals surface area contributed by atoms with E-state index in [2.05, 4.69) is 12.6 Å². The molecule has 4 rings (SSSR count). The fourth-order valence-corrected chi connectivity index (χ4v) is 3.05. The van der Waals surface area contributed by atoms with Gasteiger partial charge in [-0.15, -0.1) is 24.4 Å². The number of hydrogen-bond donors (Lipinski definition) is 5. The van der Waals surface area contributed by atoms with Crippen molar-refractivity contribution in [3.8, 4) is 5.40 Å². The average Bonchev–Trinajstić information content (AvgIpc) is 3.05. The zero-order valence-electron chi connectivity index (χ0n) is 26.8. The lowest BCUT2D eigenvalue weighted by molar-refractivity contribution is 1.47. The first-order valence-corrected chi connectivity index (χ1v) is 16.5. The van der Waals surface area contributed by atoms with Gasteiger partial charge in [-0.3, -0.25) is 0 Å².